The molecule has 0 spiro atoms. The van der Waals surface area contributed by atoms with Crippen LogP contribution in [-0.4, -0.2) is 27.8 Å². The second-order valence-electron chi connectivity index (χ2n) is 6.12. The van der Waals surface area contributed by atoms with Crippen molar-refractivity contribution in [1.29, 1.82) is 0 Å². The fourth-order valence-corrected chi connectivity index (χ4v) is 2.71. The van der Waals surface area contributed by atoms with Gasteiger partial charge in [0.05, 0.1) is 22.1 Å². The van der Waals surface area contributed by atoms with Crippen LogP contribution in [0.1, 0.15) is 37.1 Å². The van der Waals surface area contributed by atoms with Gasteiger partial charge in [-0.05, 0) is 46.1 Å². The Bertz CT molecular complexity index is 760. The van der Waals surface area contributed by atoms with Crippen LogP contribution in [-0.2, 0) is 4.74 Å². The summed E-state index contributed by atoms with van der Waals surface area (Å²) in [4.78, 5) is 20.8. The summed E-state index contributed by atoms with van der Waals surface area (Å²) < 4.78 is 5.34. The molecule has 1 aromatic heterocycles. The lowest BCUT2D eigenvalue weighted by molar-refractivity contribution is 0.00544. The van der Waals surface area contributed by atoms with E-state index < -0.39 is 11.6 Å². The Kier molecular flexibility index (Phi) is 5.72. The third-order valence-electron chi connectivity index (χ3n) is 2.97. The Morgan fingerprint density at radius 1 is 1.25 bits per heavy atom. The molecule has 0 aliphatic rings. The van der Waals surface area contributed by atoms with Gasteiger partial charge in [0.25, 0.3) is 0 Å². The first-order valence-corrected chi connectivity index (χ1v) is 8.99. The molecule has 0 radical (unpaired) electrons. The number of esters is 1. The monoisotopic (exact) mass is 365 g/mol. The van der Waals surface area contributed by atoms with Crippen LogP contribution < -0.4 is 5.32 Å². The maximum atomic E-state index is 12.2. The maximum absolute atomic E-state index is 12.2. The van der Waals surface area contributed by atoms with Crippen molar-refractivity contribution in [3.8, 4) is 0 Å². The SMILES string of the molecule is CSc1nc(C(=O)OC(C)(C)C)nc(C)c1Nc1ccccc1Cl. The fraction of sp³-hybridized carbons (Fsp3) is 0.353. The molecule has 0 aliphatic heterocycles. The Morgan fingerprint density at radius 3 is 2.50 bits per heavy atom. The van der Waals surface area contributed by atoms with Crippen molar-refractivity contribution in [3.05, 3.63) is 40.8 Å². The van der Waals surface area contributed by atoms with Gasteiger partial charge in [0.1, 0.15) is 10.6 Å². The number of anilines is 2. The van der Waals surface area contributed by atoms with Crippen molar-refractivity contribution in [2.45, 2.75) is 38.3 Å². The Balaban J connectivity index is 2.37. The van der Waals surface area contributed by atoms with Gasteiger partial charge in [0, 0.05) is 0 Å². The second-order valence-corrected chi connectivity index (χ2v) is 7.33. The minimum absolute atomic E-state index is 0.0523. The van der Waals surface area contributed by atoms with Crippen LogP contribution >= 0.6 is 23.4 Å². The number of carbonyl (C=O) groups is 1. The summed E-state index contributed by atoms with van der Waals surface area (Å²) in [6.07, 6.45) is 1.89. The summed E-state index contributed by atoms with van der Waals surface area (Å²) in [7, 11) is 0. The zero-order valence-corrected chi connectivity index (χ0v) is 15.9. The van der Waals surface area contributed by atoms with Gasteiger partial charge in [-0.25, -0.2) is 14.8 Å². The molecule has 7 heteroatoms. The van der Waals surface area contributed by atoms with Gasteiger partial charge in [-0.1, -0.05) is 23.7 Å². The summed E-state index contributed by atoms with van der Waals surface area (Å²) >= 11 is 7.61. The van der Waals surface area contributed by atoms with Gasteiger partial charge in [0.2, 0.25) is 5.82 Å². The molecule has 2 aromatic rings. The van der Waals surface area contributed by atoms with Crippen LogP contribution in [0, 0.1) is 6.92 Å². The molecule has 128 valence electrons. The predicted octanol–water partition coefficient (Wildman–Crippen LogP) is 4.86. The molecule has 0 unspecified atom stereocenters. The largest absolute Gasteiger partial charge is 0.454 e. The van der Waals surface area contributed by atoms with E-state index in [1.165, 1.54) is 11.8 Å². The zero-order valence-electron chi connectivity index (χ0n) is 14.3. The molecule has 5 nitrogen and oxygen atoms in total. The van der Waals surface area contributed by atoms with E-state index in [4.69, 9.17) is 16.3 Å². The van der Waals surface area contributed by atoms with Gasteiger partial charge in [-0.2, -0.15) is 0 Å². The number of para-hydroxylation sites is 1. The highest BCUT2D eigenvalue weighted by molar-refractivity contribution is 7.98. The molecule has 0 amide bonds. The van der Waals surface area contributed by atoms with Crippen LogP contribution in [0.2, 0.25) is 5.02 Å². The highest BCUT2D eigenvalue weighted by Gasteiger charge is 2.22. The number of aromatic nitrogens is 2. The number of ether oxygens (including phenoxy) is 1. The molecule has 0 aliphatic carbocycles. The lowest BCUT2D eigenvalue weighted by atomic mass is 10.2. The van der Waals surface area contributed by atoms with Crippen molar-refractivity contribution >= 4 is 40.7 Å². The van der Waals surface area contributed by atoms with Crippen molar-refractivity contribution in [2.75, 3.05) is 11.6 Å². The first-order valence-electron chi connectivity index (χ1n) is 7.39. The molecular weight excluding hydrogens is 346 g/mol. The molecule has 2 rings (SSSR count). The van der Waals surface area contributed by atoms with E-state index in [0.29, 0.717) is 15.7 Å². The predicted molar refractivity (Wildman–Crippen MR) is 98.5 cm³/mol. The normalized spacial score (nSPS) is 11.2. The van der Waals surface area contributed by atoms with Crippen molar-refractivity contribution in [2.24, 2.45) is 0 Å². The maximum Gasteiger partial charge on any atom is 0.376 e. The number of benzene rings is 1. The molecule has 0 fully saturated rings. The second kappa shape index (κ2) is 7.40. The molecule has 0 bridgehead atoms. The smallest absolute Gasteiger partial charge is 0.376 e. The van der Waals surface area contributed by atoms with Crippen LogP contribution in [0.3, 0.4) is 0 Å². The van der Waals surface area contributed by atoms with E-state index in [9.17, 15) is 4.79 Å². The molecule has 0 saturated carbocycles. The number of hydrogen-bond acceptors (Lipinski definition) is 6. The number of hydrogen-bond donors (Lipinski definition) is 1. The van der Waals surface area contributed by atoms with Gasteiger partial charge in [0.15, 0.2) is 0 Å². The summed E-state index contributed by atoms with van der Waals surface area (Å²) in [5.41, 5.74) is 1.53. The van der Waals surface area contributed by atoms with Crippen LogP contribution in [0.4, 0.5) is 11.4 Å². The van der Waals surface area contributed by atoms with E-state index in [-0.39, 0.29) is 5.82 Å². The van der Waals surface area contributed by atoms with E-state index in [1.807, 2.05) is 31.4 Å². The number of halogens is 1. The minimum Gasteiger partial charge on any atom is -0.454 e. The molecular formula is C17H20ClN3O2S. The number of thioether (sulfide) groups is 1. The van der Waals surface area contributed by atoms with Crippen molar-refractivity contribution in [1.82, 2.24) is 9.97 Å². The summed E-state index contributed by atoms with van der Waals surface area (Å²) in [6.45, 7) is 7.23. The number of nitrogens with zero attached hydrogens (tertiary/aromatic N) is 2. The molecule has 1 heterocycles. The summed E-state index contributed by atoms with van der Waals surface area (Å²) in [5.74, 6) is -0.485. The molecule has 24 heavy (non-hydrogen) atoms. The quantitative estimate of drug-likeness (QED) is 0.474. The van der Waals surface area contributed by atoms with Gasteiger partial charge < -0.3 is 10.1 Å². The number of rotatable bonds is 4. The molecule has 0 saturated heterocycles. The Hall–Kier alpha value is -1.79. The van der Waals surface area contributed by atoms with Crippen LogP contribution in [0.25, 0.3) is 0 Å². The summed E-state index contributed by atoms with van der Waals surface area (Å²) in [5, 5.41) is 4.50. The Labute approximate surface area is 151 Å². The van der Waals surface area contributed by atoms with Crippen molar-refractivity contribution < 1.29 is 9.53 Å². The van der Waals surface area contributed by atoms with E-state index in [2.05, 4.69) is 15.3 Å². The third-order valence-corrected chi connectivity index (χ3v) is 3.98. The number of nitrogens with one attached hydrogen (secondary N) is 1. The summed E-state index contributed by atoms with van der Waals surface area (Å²) in [6, 6.07) is 7.41. The average Bonchev–Trinajstić information content (AvgIpc) is 2.49. The first kappa shape index (κ1) is 18.5. The van der Waals surface area contributed by atoms with Gasteiger partial charge in [-0.15, -0.1) is 11.8 Å². The van der Waals surface area contributed by atoms with Crippen molar-refractivity contribution in [3.63, 3.8) is 0 Å². The highest BCUT2D eigenvalue weighted by Crippen LogP contribution is 2.32. The Morgan fingerprint density at radius 2 is 1.92 bits per heavy atom. The number of carbonyl (C=O) groups excluding carboxylic acids is 1. The highest BCUT2D eigenvalue weighted by atomic mass is 35.5. The number of aryl methyl sites for hydroxylation is 1. The average molecular weight is 366 g/mol. The standard InChI is InChI=1S/C17H20ClN3O2S/c1-10-13(20-12-9-7-6-8-11(12)18)15(24-5)21-14(19-10)16(22)23-17(2,3)4/h6-9,20H,1-5H3. The molecule has 1 N–H and O–H groups in total. The lowest BCUT2D eigenvalue weighted by Crippen LogP contribution is -2.25. The van der Waals surface area contributed by atoms with Gasteiger partial charge in [-0.3, -0.25) is 0 Å². The van der Waals surface area contributed by atoms with E-state index >= 15 is 0 Å². The zero-order chi connectivity index (χ0) is 17.9. The van der Waals surface area contributed by atoms with Crippen LogP contribution in [0.15, 0.2) is 29.3 Å². The topological polar surface area (TPSA) is 64.1 Å². The van der Waals surface area contributed by atoms with E-state index in [1.54, 1.807) is 26.8 Å². The van der Waals surface area contributed by atoms with Crippen LogP contribution in [0.5, 0.6) is 0 Å². The molecule has 0 atom stereocenters. The first-order chi connectivity index (χ1) is 11.2. The molecule has 1 aromatic carbocycles. The van der Waals surface area contributed by atoms with E-state index in [0.717, 1.165) is 11.4 Å². The lowest BCUT2D eigenvalue weighted by Gasteiger charge is -2.19. The third kappa shape index (κ3) is 4.61. The minimum atomic E-state index is -0.595. The van der Waals surface area contributed by atoms with Gasteiger partial charge >= 0.3 is 5.97 Å². The fourth-order valence-electron chi connectivity index (χ4n) is 1.95.